The predicted octanol–water partition coefficient (Wildman–Crippen LogP) is 5.14. The molecule has 3 aromatic rings. The van der Waals surface area contributed by atoms with Crippen LogP contribution in [0.15, 0.2) is 60.7 Å². The van der Waals surface area contributed by atoms with E-state index in [4.69, 9.17) is 10.5 Å². The summed E-state index contributed by atoms with van der Waals surface area (Å²) >= 11 is 0. The second-order valence-electron chi connectivity index (χ2n) is 11.2. The summed E-state index contributed by atoms with van der Waals surface area (Å²) in [6, 6.07) is 16.6. The minimum Gasteiger partial charge on any atom is -0.444 e. The van der Waals surface area contributed by atoms with Crippen LogP contribution in [0.3, 0.4) is 0 Å². The highest BCUT2D eigenvalue weighted by Crippen LogP contribution is 2.28. The fraction of sp³-hybridized carbons (Fsp3) is 0.375. The Labute approximate surface area is 241 Å². The first-order chi connectivity index (χ1) is 19.3. The first-order valence-electron chi connectivity index (χ1n) is 13.7. The maximum atomic E-state index is 14.0. The van der Waals surface area contributed by atoms with Gasteiger partial charge in [-0.2, -0.15) is 0 Å². The molecule has 0 heterocycles. The number of benzene rings is 3. The van der Waals surface area contributed by atoms with Gasteiger partial charge in [-0.3, -0.25) is 14.4 Å². The number of alkyl carbamates (subject to hydrolysis) is 1. The number of amides is 4. The number of hydrogen-bond donors (Lipinski definition) is 3. The third-order valence-corrected chi connectivity index (χ3v) is 6.57. The molecule has 0 aromatic heterocycles. The fourth-order valence-corrected chi connectivity index (χ4v) is 4.54. The Morgan fingerprint density at radius 1 is 0.927 bits per heavy atom. The molecule has 41 heavy (non-hydrogen) atoms. The zero-order valence-electron chi connectivity index (χ0n) is 24.6. The van der Waals surface area contributed by atoms with E-state index < -0.39 is 47.9 Å². The highest BCUT2D eigenvalue weighted by Gasteiger charge is 2.36. The van der Waals surface area contributed by atoms with Gasteiger partial charge < -0.3 is 26.0 Å². The average Bonchev–Trinajstić information content (AvgIpc) is 2.88. The third-order valence-electron chi connectivity index (χ3n) is 6.57. The second-order valence-corrected chi connectivity index (χ2v) is 11.2. The Hall–Kier alpha value is -4.40. The van der Waals surface area contributed by atoms with E-state index in [0.717, 1.165) is 21.9 Å². The number of anilines is 1. The smallest absolute Gasteiger partial charge is 0.408 e. The number of fused-ring (bicyclic) bond motifs is 1. The molecule has 0 aliphatic rings. The van der Waals surface area contributed by atoms with Crippen molar-refractivity contribution in [1.29, 1.82) is 0 Å². The van der Waals surface area contributed by atoms with Gasteiger partial charge in [0.05, 0.1) is 6.42 Å². The van der Waals surface area contributed by atoms with E-state index in [1.807, 2.05) is 81.4 Å². The first kappa shape index (κ1) is 31.1. The molecule has 0 aliphatic heterocycles. The number of nitrogens with one attached hydrogen (secondary N) is 2. The number of aryl methyl sites for hydroxylation is 2. The van der Waals surface area contributed by atoms with Crippen molar-refractivity contribution in [1.82, 2.24) is 10.2 Å². The summed E-state index contributed by atoms with van der Waals surface area (Å²) in [6.45, 7) is 11.0. The maximum Gasteiger partial charge on any atom is 0.408 e. The number of carbonyl (C=O) groups excluding carboxylic acids is 4. The Balaban J connectivity index is 2.03. The number of carbonyl (C=O) groups is 4. The standard InChI is InChI=1S/C32H40N4O5/c1-7-16-36(30(39)26(19-27(33)37)35-31(40)41-32(4,5)6)28(24-13-12-20(2)21(3)17-24)29(38)34-25-15-14-22-10-8-9-11-23(22)18-25/h8-15,17-18,26,28H,7,16,19H2,1-6H3,(H2,33,37)(H,34,38)(H,35,40). The van der Waals surface area contributed by atoms with E-state index in [2.05, 4.69) is 10.6 Å². The van der Waals surface area contributed by atoms with Crippen molar-refractivity contribution in [3.05, 3.63) is 77.4 Å². The van der Waals surface area contributed by atoms with Gasteiger partial charge in [0.15, 0.2) is 0 Å². The van der Waals surface area contributed by atoms with Crippen LogP contribution in [0, 0.1) is 13.8 Å². The number of ether oxygens (including phenoxy) is 1. The summed E-state index contributed by atoms with van der Waals surface area (Å²) in [5.74, 6) is -1.83. The molecule has 3 aromatic carbocycles. The molecule has 9 heteroatoms. The number of rotatable bonds is 10. The molecule has 9 nitrogen and oxygen atoms in total. The van der Waals surface area contributed by atoms with E-state index in [1.165, 1.54) is 4.90 Å². The van der Waals surface area contributed by atoms with Gasteiger partial charge in [0.2, 0.25) is 11.8 Å². The normalized spacial score (nSPS) is 12.7. The highest BCUT2D eigenvalue weighted by atomic mass is 16.6. The quantitative estimate of drug-likeness (QED) is 0.316. The molecule has 0 saturated heterocycles. The molecule has 2 unspecified atom stereocenters. The Kier molecular flexibility index (Phi) is 10.1. The Bertz CT molecular complexity index is 1430. The van der Waals surface area contributed by atoms with Gasteiger partial charge in [0.1, 0.15) is 17.7 Å². The number of nitrogens with two attached hydrogens (primary N) is 1. The van der Waals surface area contributed by atoms with E-state index in [0.29, 0.717) is 17.7 Å². The van der Waals surface area contributed by atoms with Gasteiger partial charge in [-0.25, -0.2) is 4.79 Å². The number of nitrogens with zero attached hydrogens (tertiary/aromatic N) is 1. The average molecular weight is 561 g/mol. The minimum absolute atomic E-state index is 0.187. The van der Waals surface area contributed by atoms with Gasteiger partial charge in [-0.15, -0.1) is 0 Å². The molecule has 218 valence electrons. The molecule has 2 atom stereocenters. The summed E-state index contributed by atoms with van der Waals surface area (Å²) in [7, 11) is 0. The molecule has 3 rings (SSSR count). The lowest BCUT2D eigenvalue weighted by Gasteiger charge is -2.34. The fourth-order valence-electron chi connectivity index (χ4n) is 4.54. The molecule has 0 radical (unpaired) electrons. The summed E-state index contributed by atoms with van der Waals surface area (Å²) in [6.07, 6.45) is -0.798. The van der Waals surface area contributed by atoms with E-state index in [1.54, 1.807) is 20.8 Å². The minimum atomic E-state index is -1.32. The van der Waals surface area contributed by atoms with Crippen molar-refractivity contribution in [3.8, 4) is 0 Å². The lowest BCUT2D eigenvalue weighted by molar-refractivity contribution is -0.141. The van der Waals surface area contributed by atoms with Crippen molar-refractivity contribution >= 4 is 40.3 Å². The first-order valence-corrected chi connectivity index (χ1v) is 13.7. The lowest BCUT2D eigenvalue weighted by atomic mass is 9.97. The van der Waals surface area contributed by atoms with Crippen LogP contribution in [0.1, 0.15) is 63.3 Å². The van der Waals surface area contributed by atoms with Crippen LogP contribution >= 0.6 is 0 Å². The van der Waals surface area contributed by atoms with Crippen LogP contribution in [0.4, 0.5) is 10.5 Å². The summed E-state index contributed by atoms with van der Waals surface area (Å²) in [5, 5.41) is 7.46. The monoisotopic (exact) mass is 560 g/mol. The highest BCUT2D eigenvalue weighted by molar-refractivity contribution is 6.01. The topological polar surface area (TPSA) is 131 Å². The van der Waals surface area contributed by atoms with Crippen molar-refractivity contribution < 1.29 is 23.9 Å². The van der Waals surface area contributed by atoms with Crippen LogP contribution in [0.2, 0.25) is 0 Å². The van der Waals surface area contributed by atoms with Gasteiger partial charge in [-0.1, -0.05) is 55.5 Å². The van der Waals surface area contributed by atoms with Crippen LogP contribution < -0.4 is 16.4 Å². The van der Waals surface area contributed by atoms with Crippen molar-refractivity contribution in [2.75, 3.05) is 11.9 Å². The zero-order valence-corrected chi connectivity index (χ0v) is 24.6. The third kappa shape index (κ3) is 8.54. The molecule has 0 spiro atoms. The lowest BCUT2D eigenvalue weighted by Crippen LogP contribution is -2.53. The molecular weight excluding hydrogens is 520 g/mol. The molecule has 0 bridgehead atoms. The summed E-state index contributed by atoms with van der Waals surface area (Å²) in [5.41, 5.74) is 7.80. The zero-order chi connectivity index (χ0) is 30.3. The number of primary amides is 1. The molecule has 0 aliphatic carbocycles. The van der Waals surface area contributed by atoms with Crippen molar-refractivity contribution in [2.24, 2.45) is 5.73 Å². The van der Waals surface area contributed by atoms with Gasteiger partial charge in [0.25, 0.3) is 5.91 Å². The van der Waals surface area contributed by atoms with Crippen LogP contribution in [0.25, 0.3) is 10.8 Å². The van der Waals surface area contributed by atoms with E-state index in [9.17, 15) is 19.2 Å². The Morgan fingerprint density at radius 3 is 2.22 bits per heavy atom. The summed E-state index contributed by atoms with van der Waals surface area (Å²) < 4.78 is 5.32. The van der Waals surface area contributed by atoms with E-state index in [-0.39, 0.29) is 6.54 Å². The SMILES string of the molecule is CCCN(C(=O)C(CC(N)=O)NC(=O)OC(C)(C)C)C(C(=O)Nc1ccc2ccccc2c1)c1ccc(C)c(C)c1. The van der Waals surface area contributed by atoms with Crippen LogP contribution in [-0.4, -0.2) is 46.9 Å². The largest absolute Gasteiger partial charge is 0.444 e. The maximum absolute atomic E-state index is 14.0. The Morgan fingerprint density at radius 2 is 1.61 bits per heavy atom. The molecule has 0 saturated carbocycles. The van der Waals surface area contributed by atoms with Crippen molar-refractivity contribution in [2.45, 2.75) is 72.1 Å². The van der Waals surface area contributed by atoms with Gasteiger partial charge >= 0.3 is 6.09 Å². The van der Waals surface area contributed by atoms with Crippen LogP contribution in [-0.2, 0) is 19.1 Å². The predicted molar refractivity (Wildman–Crippen MR) is 160 cm³/mol. The van der Waals surface area contributed by atoms with Gasteiger partial charge in [-0.05, 0) is 80.6 Å². The summed E-state index contributed by atoms with van der Waals surface area (Å²) in [4.78, 5) is 54.0. The molecule has 4 N–H and O–H groups in total. The van der Waals surface area contributed by atoms with E-state index >= 15 is 0 Å². The molecule has 4 amide bonds. The molecule has 0 fully saturated rings. The van der Waals surface area contributed by atoms with Crippen LogP contribution in [0.5, 0.6) is 0 Å². The number of hydrogen-bond acceptors (Lipinski definition) is 5. The van der Waals surface area contributed by atoms with Gasteiger partial charge in [0, 0.05) is 12.2 Å². The second kappa shape index (κ2) is 13.3. The van der Waals surface area contributed by atoms with Crippen molar-refractivity contribution in [3.63, 3.8) is 0 Å². The molecular formula is C32H40N4O5.